The molecule has 0 unspecified atom stereocenters. The van der Waals surface area contributed by atoms with Gasteiger partial charge in [0.1, 0.15) is 25.4 Å². The van der Waals surface area contributed by atoms with Gasteiger partial charge in [-0.3, -0.25) is 9.59 Å². The first kappa shape index (κ1) is 32.9. The highest BCUT2D eigenvalue weighted by Gasteiger charge is 2.07. The van der Waals surface area contributed by atoms with E-state index in [9.17, 15) is 14.4 Å². The van der Waals surface area contributed by atoms with Crippen LogP contribution in [0.3, 0.4) is 0 Å². The molecule has 0 atom stereocenters. The number of ketones is 1. The van der Waals surface area contributed by atoms with Crippen LogP contribution in [-0.2, 0) is 23.9 Å². The van der Waals surface area contributed by atoms with Gasteiger partial charge in [-0.05, 0) is 55.4 Å². The molecule has 0 radical (unpaired) electrons. The van der Waals surface area contributed by atoms with E-state index in [1.807, 2.05) is 0 Å². The molecule has 0 aromatic heterocycles. The molecule has 0 aliphatic rings. The number of carbonyl (C=O) groups is 3. The van der Waals surface area contributed by atoms with Gasteiger partial charge in [0.25, 0.3) is 0 Å². The summed E-state index contributed by atoms with van der Waals surface area (Å²) < 4.78 is 9.27. The summed E-state index contributed by atoms with van der Waals surface area (Å²) in [4.78, 5) is 32.2. The maximum Gasteiger partial charge on any atom is 0.333 e. The minimum atomic E-state index is -0.617. The predicted octanol–water partition coefficient (Wildman–Crippen LogP) is 1.79. The number of hydrogen-bond donors (Lipinski definition) is 3. The van der Waals surface area contributed by atoms with Gasteiger partial charge in [0.15, 0.2) is 0 Å². The number of carbonyl (C=O) groups excluding carboxylic acids is 3. The minimum Gasteiger partial charge on any atom is -0.462 e. The van der Waals surface area contributed by atoms with Crippen molar-refractivity contribution >= 4 is 17.7 Å². The van der Waals surface area contributed by atoms with Crippen LogP contribution in [0.5, 0.6) is 0 Å². The van der Waals surface area contributed by atoms with Crippen LogP contribution in [0, 0.1) is 0 Å². The molecule has 0 spiro atoms. The van der Waals surface area contributed by atoms with Gasteiger partial charge in [-0.1, -0.05) is 6.58 Å². The fourth-order valence-corrected chi connectivity index (χ4v) is 0.667. The lowest BCUT2D eigenvalue weighted by atomic mass is 10.3. The normalized spacial score (nSPS) is 9.11. The van der Waals surface area contributed by atoms with Gasteiger partial charge in [-0.15, -0.1) is 0 Å². The van der Waals surface area contributed by atoms with Crippen molar-refractivity contribution in [2.75, 3.05) is 13.2 Å². The van der Waals surface area contributed by atoms with Crippen LogP contribution >= 0.6 is 0 Å². The molecule has 0 aromatic rings. The molecule has 0 bridgehead atoms. The first-order valence-corrected chi connectivity index (χ1v) is 8.65. The number of hydrogen-bond acceptors (Lipinski definition) is 8. The SMILES string of the molecule is C=C(C)C(=O)OCCOC(=O)CC(C)=O.CC(C)O.CC(C)O.CC(C)O. The zero-order chi connectivity index (χ0) is 22.6. The fraction of sp³-hybridized carbons (Fsp3) is 0.737. The molecule has 0 fully saturated rings. The van der Waals surface area contributed by atoms with Crippen LogP contribution in [0.1, 0.15) is 61.8 Å². The van der Waals surface area contributed by atoms with E-state index in [1.54, 1.807) is 41.5 Å². The Hall–Kier alpha value is -1.77. The summed E-state index contributed by atoms with van der Waals surface area (Å²) in [6.07, 6.45) is -0.756. The summed E-state index contributed by atoms with van der Waals surface area (Å²) in [5, 5.41) is 24.2. The topological polar surface area (TPSA) is 130 Å². The lowest BCUT2D eigenvalue weighted by molar-refractivity contribution is -0.151. The molecular weight excluding hydrogens is 356 g/mol. The van der Waals surface area contributed by atoms with Crippen molar-refractivity contribution in [1.29, 1.82) is 0 Å². The molecule has 0 amide bonds. The van der Waals surface area contributed by atoms with Gasteiger partial charge in [0, 0.05) is 23.9 Å². The van der Waals surface area contributed by atoms with Crippen molar-refractivity contribution in [3.8, 4) is 0 Å². The number of Topliss-reactive ketones (excluding diaryl/α,β-unsaturated/α-hetero) is 1. The van der Waals surface area contributed by atoms with Crippen LogP contribution in [0.2, 0.25) is 0 Å². The summed E-state index contributed by atoms with van der Waals surface area (Å²) in [6.45, 7) is 16.4. The van der Waals surface area contributed by atoms with Crippen molar-refractivity contribution in [1.82, 2.24) is 0 Å². The molecule has 0 aromatic carbocycles. The maximum atomic E-state index is 10.8. The van der Waals surface area contributed by atoms with Crippen molar-refractivity contribution in [2.24, 2.45) is 0 Å². The summed E-state index contributed by atoms with van der Waals surface area (Å²) in [7, 11) is 0. The van der Waals surface area contributed by atoms with Crippen LogP contribution in [0.4, 0.5) is 0 Å². The maximum absolute atomic E-state index is 10.8. The van der Waals surface area contributed by atoms with Gasteiger partial charge in [-0.25, -0.2) is 4.79 Å². The van der Waals surface area contributed by atoms with Gasteiger partial charge in [0.05, 0.1) is 0 Å². The second-order valence-corrected chi connectivity index (χ2v) is 6.30. The fourth-order valence-electron chi connectivity index (χ4n) is 0.667. The lowest BCUT2D eigenvalue weighted by Crippen LogP contribution is -2.15. The second-order valence-electron chi connectivity index (χ2n) is 6.30. The first-order valence-electron chi connectivity index (χ1n) is 8.65. The molecular formula is C19H38O8. The third-order valence-corrected chi connectivity index (χ3v) is 1.32. The number of aliphatic hydroxyl groups is 3. The van der Waals surface area contributed by atoms with E-state index in [-0.39, 0.29) is 49.3 Å². The van der Waals surface area contributed by atoms with E-state index in [1.165, 1.54) is 13.8 Å². The Bertz CT molecular complexity index is 378. The third-order valence-electron chi connectivity index (χ3n) is 1.32. The highest BCUT2D eigenvalue weighted by Crippen LogP contribution is 1.93. The van der Waals surface area contributed by atoms with Crippen molar-refractivity contribution in [2.45, 2.75) is 80.1 Å². The molecule has 0 saturated heterocycles. The number of rotatable bonds is 6. The summed E-state index contributed by atoms with van der Waals surface area (Å²) in [6, 6.07) is 0. The van der Waals surface area contributed by atoms with Gasteiger partial charge < -0.3 is 24.8 Å². The quantitative estimate of drug-likeness (QED) is 0.269. The van der Waals surface area contributed by atoms with Crippen LogP contribution in [-0.4, -0.2) is 64.6 Å². The number of aliphatic hydroxyl groups excluding tert-OH is 3. The average Bonchev–Trinajstić information content (AvgIpc) is 2.40. The average molecular weight is 395 g/mol. The number of esters is 2. The Morgan fingerprint density at radius 3 is 1.33 bits per heavy atom. The summed E-state index contributed by atoms with van der Waals surface area (Å²) in [5.74, 6) is -1.41. The molecule has 27 heavy (non-hydrogen) atoms. The Kier molecular flexibility index (Phi) is 27.1. The molecule has 0 aliphatic heterocycles. The van der Waals surface area contributed by atoms with Crippen LogP contribution < -0.4 is 0 Å². The standard InChI is InChI=1S/C10H14O5.3C3H8O/c1-7(2)10(13)15-5-4-14-9(12)6-8(3)11;3*1-3(2)4/h1,4-6H2,2-3H3;3*3-4H,1-2H3. The summed E-state index contributed by atoms with van der Waals surface area (Å²) in [5.41, 5.74) is 0.282. The van der Waals surface area contributed by atoms with Crippen LogP contribution in [0.25, 0.3) is 0 Å². The predicted molar refractivity (Wildman–Crippen MR) is 104 cm³/mol. The van der Waals surface area contributed by atoms with Gasteiger partial charge in [-0.2, -0.15) is 0 Å². The monoisotopic (exact) mass is 394 g/mol. The minimum absolute atomic E-state index is 0.0324. The molecule has 0 saturated carbocycles. The van der Waals surface area contributed by atoms with Crippen molar-refractivity contribution in [3.05, 3.63) is 12.2 Å². The highest BCUT2D eigenvalue weighted by atomic mass is 16.6. The van der Waals surface area contributed by atoms with E-state index in [4.69, 9.17) is 15.3 Å². The lowest BCUT2D eigenvalue weighted by Gasteiger charge is -2.05. The zero-order valence-electron chi connectivity index (χ0n) is 17.9. The van der Waals surface area contributed by atoms with E-state index >= 15 is 0 Å². The van der Waals surface area contributed by atoms with E-state index in [0.717, 1.165) is 0 Å². The Morgan fingerprint density at radius 1 is 0.778 bits per heavy atom. The second kappa shape index (κ2) is 22.3. The Balaban J connectivity index is -0.000000179. The zero-order valence-corrected chi connectivity index (χ0v) is 17.9. The summed E-state index contributed by atoms with van der Waals surface area (Å²) >= 11 is 0. The molecule has 3 N–H and O–H groups in total. The van der Waals surface area contributed by atoms with Gasteiger partial charge >= 0.3 is 11.9 Å². The van der Waals surface area contributed by atoms with E-state index in [0.29, 0.717) is 0 Å². The molecule has 0 heterocycles. The largest absolute Gasteiger partial charge is 0.462 e. The van der Waals surface area contributed by atoms with E-state index in [2.05, 4.69) is 16.1 Å². The first-order chi connectivity index (χ1) is 12.1. The van der Waals surface area contributed by atoms with E-state index < -0.39 is 11.9 Å². The molecule has 8 nitrogen and oxygen atoms in total. The van der Waals surface area contributed by atoms with Crippen molar-refractivity contribution in [3.63, 3.8) is 0 Å². The van der Waals surface area contributed by atoms with Crippen molar-refractivity contribution < 1.29 is 39.2 Å². The van der Waals surface area contributed by atoms with Crippen LogP contribution in [0.15, 0.2) is 12.2 Å². The Morgan fingerprint density at radius 2 is 1.07 bits per heavy atom. The molecule has 8 heteroatoms. The highest BCUT2D eigenvalue weighted by molar-refractivity contribution is 5.94. The molecule has 0 rings (SSSR count). The van der Waals surface area contributed by atoms with Gasteiger partial charge in [0.2, 0.25) is 0 Å². The Labute approximate surface area is 163 Å². The number of ether oxygens (including phenoxy) is 2. The smallest absolute Gasteiger partial charge is 0.333 e. The third kappa shape index (κ3) is 68.4. The molecule has 162 valence electrons. The molecule has 0 aliphatic carbocycles.